The van der Waals surface area contributed by atoms with Gasteiger partial charge in [-0.3, -0.25) is 14.5 Å². The monoisotopic (exact) mass is 346 g/mol. The number of carbonyl (C=O) groups excluding carboxylic acids is 1. The molecule has 1 aliphatic rings. The van der Waals surface area contributed by atoms with Crippen LogP contribution < -0.4 is 5.32 Å². The molecule has 2 N–H and O–H groups in total. The van der Waals surface area contributed by atoms with E-state index in [1.54, 1.807) is 0 Å². The Hall–Kier alpha value is -1.88. The van der Waals surface area contributed by atoms with E-state index in [-0.39, 0.29) is 12.3 Å². The van der Waals surface area contributed by atoms with E-state index < -0.39 is 5.97 Å². The number of aliphatic carboxylic acids is 1. The Balaban J connectivity index is 1.90. The Morgan fingerprint density at radius 3 is 2.88 bits per heavy atom. The molecule has 1 heterocycles. The lowest BCUT2D eigenvalue weighted by atomic mass is 9.93. The average Bonchev–Trinajstić information content (AvgIpc) is 2.58. The smallest absolute Gasteiger partial charge is 0.303 e. The minimum atomic E-state index is -0.711. The molecule has 5 nitrogen and oxygen atoms in total. The second-order valence-electron chi connectivity index (χ2n) is 7.48. The van der Waals surface area contributed by atoms with E-state index in [1.165, 1.54) is 0 Å². The molecule has 1 saturated heterocycles. The van der Waals surface area contributed by atoms with E-state index in [4.69, 9.17) is 5.11 Å². The van der Waals surface area contributed by atoms with Crippen molar-refractivity contribution in [2.45, 2.75) is 46.1 Å². The number of benzene rings is 1. The molecule has 1 aromatic rings. The first-order chi connectivity index (χ1) is 11.9. The number of carbonyl (C=O) groups is 2. The first kappa shape index (κ1) is 19.4. The highest BCUT2D eigenvalue weighted by atomic mass is 16.4. The summed E-state index contributed by atoms with van der Waals surface area (Å²) in [6, 6.07) is 7.81. The van der Waals surface area contributed by atoms with Gasteiger partial charge in [0.05, 0.1) is 0 Å². The van der Waals surface area contributed by atoms with Crippen LogP contribution in [0.5, 0.6) is 0 Å². The molecule has 5 heteroatoms. The Morgan fingerprint density at radius 1 is 1.36 bits per heavy atom. The van der Waals surface area contributed by atoms with Crippen LogP contribution in [0.3, 0.4) is 0 Å². The van der Waals surface area contributed by atoms with E-state index in [2.05, 4.69) is 30.1 Å². The number of hydrogen-bond donors (Lipinski definition) is 2. The van der Waals surface area contributed by atoms with Crippen molar-refractivity contribution in [3.05, 3.63) is 35.4 Å². The molecule has 1 atom stereocenters. The van der Waals surface area contributed by atoms with Gasteiger partial charge in [-0.1, -0.05) is 26.0 Å². The summed E-state index contributed by atoms with van der Waals surface area (Å²) < 4.78 is 0. The topological polar surface area (TPSA) is 69.6 Å². The van der Waals surface area contributed by atoms with E-state index >= 15 is 0 Å². The minimum absolute atomic E-state index is 0.0199. The first-order valence-electron chi connectivity index (χ1n) is 9.25. The van der Waals surface area contributed by atoms with Gasteiger partial charge in [-0.25, -0.2) is 0 Å². The standard InChI is InChI=1S/C20H30N2O3/c1-15(2)12-21-20(25)18-7-3-5-17(11-18)14-22-10-4-6-16(13-22)8-9-19(23)24/h3,5,7,11,15-16H,4,6,8-10,12-14H2,1-2H3,(H,21,25)(H,23,24). The summed E-state index contributed by atoms with van der Waals surface area (Å²) in [7, 11) is 0. The summed E-state index contributed by atoms with van der Waals surface area (Å²) in [4.78, 5) is 25.4. The SMILES string of the molecule is CC(C)CNC(=O)c1cccc(CN2CCCC(CCC(=O)O)C2)c1. The molecule has 1 aliphatic heterocycles. The third-order valence-electron chi connectivity index (χ3n) is 4.64. The Morgan fingerprint density at radius 2 is 2.16 bits per heavy atom. The summed E-state index contributed by atoms with van der Waals surface area (Å²) >= 11 is 0. The van der Waals surface area contributed by atoms with Gasteiger partial charge in [0.2, 0.25) is 0 Å². The number of carboxylic acids is 1. The molecule has 0 spiro atoms. The molecule has 1 aromatic carbocycles. The lowest BCUT2D eigenvalue weighted by molar-refractivity contribution is -0.137. The van der Waals surface area contributed by atoms with Crippen LogP contribution in [0.15, 0.2) is 24.3 Å². The lowest BCUT2D eigenvalue weighted by Crippen LogP contribution is -2.35. The van der Waals surface area contributed by atoms with Crippen molar-refractivity contribution < 1.29 is 14.7 Å². The van der Waals surface area contributed by atoms with Crippen molar-refractivity contribution in [2.75, 3.05) is 19.6 Å². The highest BCUT2D eigenvalue weighted by Gasteiger charge is 2.20. The Labute approximate surface area is 150 Å². The lowest BCUT2D eigenvalue weighted by Gasteiger charge is -2.32. The van der Waals surface area contributed by atoms with Crippen molar-refractivity contribution in [2.24, 2.45) is 11.8 Å². The van der Waals surface area contributed by atoms with Gasteiger partial charge in [-0.2, -0.15) is 0 Å². The molecule has 0 aromatic heterocycles. The van der Waals surface area contributed by atoms with Gasteiger partial charge in [0, 0.05) is 31.6 Å². The highest BCUT2D eigenvalue weighted by Crippen LogP contribution is 2.22. The molecule has 1 fully saturated rings. The van der Waals surface area contributed by atoms with Crippen LogP contribution in [0.4, 0.5) is 0 Å². The van der Waals surface area contributed by atoms with Crippen LogP contribution in [-0.4, -0.2) is 41.5 Å². The van der Waals surface area contributed by atoms with Gasteiger partial charge in [-0.05, 0) is 55.3 Å². The molecule has 1 unspecified atom stereocenters. The van der Waals surface area contributed by atoms with E-state index in [0.717, 1.165) is 44.5 Å². The zero-order valence-electron chi connectivity index (χ0n) is 15.3. The first-order valence-corrected chi connectivity index (χ1v) is 9.25. The van der Waals surface area contributed by atoms with Gasteiger partial charge in [0.1, 0.15) is 0 Å². The quantitative estimate of drug-likeness (QED) is 0.759. The fourth-order valence-electron chi connectivity index (χ4n) is 3.33. The normalized spacial score (nSPS) is 18.3. The van der Waals surface area contributed by atoms with Gasteiger partial charge < -0.3 is 10.4 Å². The number of rotatable bonds is 8. The van der Waals surface area contributed by atoms with Crippen LogP contribution in [0.2, 0.25) is 0 Å². The largest absolute Gasteiger partial charge is 0.481 e. The average molecular weight is 346 g/mol. The summed E-state index contributed by atoms with van der Waals surface area (Å²) in [5.41, 5.74) is 1.84. The van der Waals surface area contributed by atoms with E-state index in [9.17, 15) is 9.59 Å². The Kier molecular flexibility index (Phi) is 7.44. The van der Waals surface area contributed by atoms with Crippen LogP contribution in [-0.2, 0) is 11.3 Å². The van der Waals surface area contributed by atoms with Gasteiger partial charge >= 0.3 is 5.97 Å². The second-order valence-corrected chi connectivity index (χ2v) is 7.48. The molecule has 0 aliphatic carbocycles. The van der Waals surface area contributed by atoms with Crippen LogP contribution in [0, 0.1) is 11.8 Å². The number of carboxylic acid groups (broad SMARTS) is 1. The van der Waals surface area contributed by atoms with Gasteiger partial charge in [-0.15, -0.1) is 0 Å². The van der Waals surface area contributed by atoms with Crippen LogP contribution >= 0.6 is 0 Å². The maximum Gasteiger partial charge on any atom is 0.303 e. The molecular weight excluding hydrogens is 316 g/mol. The number of hydrogen-bond acceptors (Lipinski definition) is 3. The van der Waals surface area contributed by atoms with Crippen molar-refractivity contribution in [3.8, 4) is 0 Å². The molecule has 25 heavy (non-hydrogen) atoms. The molecule has 138 valence electrons. The van der Waals surface area contributed by atoms with Crippen molar-refractivity contribution >= 4 is 11.9 Å². The summed E-state index contributed by atoms with van der Waals surface area (Å²) in [6.45, 7) is 7.63. The highest BCUT2D eigenvalue weighted by molar-refractivity contribution is 5.94. The predicted molar refractivity (Wildman–Crippen MR) is 98.5 cm³/mol. The van der Waals surface area contributed by atoms with Crippen LogP contribution in [0.1, 0.15) is 55.5 Å². The summed E-state index contributed by atoms with van der Waals surface area (Å²) in [6.07, 6.45) is 3.23. The van der Waals surface area contributed by atoms with E-state index in [1.807, 2.05) is 18.2 Å². The summed E-state index contributed by atoms with van der Waals surface area (Å²) in [5, 5.41) is 11.8. The maximum atomic E-state index is 12.2. The zero-order chi connectivity index (χ0) is 18.2. The summed E-state index contributed by atoms with van der Waals surface area (Å²) in [5.74, 6) is 0.163. The van der Waals surface area contributed by atoms with Crippen molar-refractivity contribution in [1.29, 1.82) is 0 Å². The number of nitrogens with one attached hydrogen (secondary N) is 1. The third kappa shape index (κ3) is 6.86. The molecule has 0 radical (unpaired) electrons. The van der Waals surface area contributed by atoms with Gasteiger partial charge in [0.15, 0.2) is 0 Å². The fraction of sp³-hybridized carbons (Fsp3) is 0.600. The zero-order valence-corrected chi connectivity index (χ0v) is 15.3. The second kappa shape index (κ2) is 9.56. The number of piperidine rings is 1. The predicted octanol–water partition coefficient (Wildman–Crippen LogP) is 3.15. The molecule has 0 bridgehead atoms. The van der Waals surface area contributed by atoms with E-state index in [0.29, 0.717) is 23.9 Å². The molecular formula is C20H30N2O3. The molecule has 1 amide bonds. The maximum absolute atomic E-state index is 12.2. The number of likely N-dealkylation sites (tertiary alicyclic amines) is 1. The number of amides is 1. The Bertz CT molecular complexity index is 586. The minimum Gasteiger partial charge on any atom is -0.481 e. The fourth-order valence-corrected chi connectivity index (χ4v) is 3.33. The van der Waals surface area contributed by atoms with Crippen molar-refractivity contribution in [3.63, 3.8) is 0 Å². The molecule has 2 rings (SSSR count). The third-order valence-corrected chi connectivity index (χ3v) is 4.64. The number of nitrogens with zero attached hydrogens (tertiary/aromatic N) is 1. The van der Waals surface area contributed by atoms with Crippen molar-refractivity contribution in [1.82, 2.24) is 10.2 Å². The molecule has 0 saturated carbocycles. The van der Waals surface area contributed by atoms with Crippen LogP contribution in [0.25, 0.3) is 0 Å². The van der Waals surface area contributed by atoms with Gasteiger partial charge in [0.25, 0.3) is 5.91 Å².